The van der Waals surface area contributed by atoms with Gasteiger partial charge < -0.3 is 47.9 Å². The lowest BCUT2D eigenvalue weighted by atomic mass is 9.79. The van der Waals surface area contributed by atoms with Crippen LogP contribution in [0.25, 0.3) is 0 Å². The molecular weight excluding hydrogens is 1130 g/mol. The fourth-order valence-corrected chi connectivity index (χ4v) is 16.1. The first kappa shape index (κ1) is 80.4. The molecule has 518 valence electrons. The van der Waals surface area contributed by atoms with Crippen LogP contribution >= 0.6 is 0 Å². The summed E-state index contributed by atoms with van der Waals surface area (Å²) in [7, 11) is 10.3. The van der Waals surface area contributed by atoms with E-state index in [9.17, 15) is 14.4 Å². The number of allylic oxidation sites excluding steroid dienone is 2. The van der Waals surface area contributed by atoms with Crippen LogP contribution in [0.4, 0.5) is 0 Å². The second kappa shape index (κ2) is 31.6. The van der Waals surface area contributed by atoms with E-state index in [0.29, 0.717) is 44.1 Å². The highest BCUT2D eigenvalue weighted by molar-refractivity contribution is 5.84. The molecule has 6 aliphatic rings. The molecule has 5 fully saturated rings. The Morgan fingerprint density at radius 2 is 0.831 bits per heavy atom. The Labute approximate surface area is 541 Å². The summed E-state index contributed by atoms with van der Waals surface area (Å²) in [6.07, 6.45) is 14.0. The zero-order valence-electron chi connectivity index (χ0n) is 61.8. The van der Waals surface area contributed by atoms with Crippen molar-refractivity contribution < 1.29 is 62.3 Å². The average molecular weight is 1260 g/mol. The maximum atomic E-state index is 13.8. The van der Waals surface area contributed by atoms with Gasteiger partial charge in [0, 0.05) is 109 Å². The number of hydroxylamine groups is 10. The minimum Gasteiger partial charge on any atom is -0.462 e. The van der Waals surface area contributed by atoms with E-state index >= 15 is 0 Å². The third-order valence-corrected chi connectivity index (χ3v) is 19.8. The van der Waals surface area contributed by atoms with Crippen molar-refractivity contribution >= 4 is 17.9 Å². The second-order valence-corrected chi connectivity index (χ2v) is 32.5. The number of esters is 3. The molecule has 89 heavy (non-hydrogen) atoms. The smallest absolute Gasteiger partial charge is 0.311 e. The molecule has 5 heterocycles. The quantitative estimate of drug-likeness (QED) is 0.0643. The van der Waals surface area contributed by atoms with E-state index in [2.05, 4.69) is 163 Å². The first-order valence-electron chi connectivity index (χ1n) is 33.1. The van der Waals surface area contributed by atoms with Crippen LogP contribution in [0.1, 0.15) is 230 Å². The van der Waals surface area contributed by atoms with E-state index in [0.717, 1.165) is 58.2 Å². The van der Waals surface area contributed by atoms with Crippen molar-refractivity contribution in [3.05, 3.63) is 37.0 Å². The zero-order chi connectivity index (χ0) is 68.5. The van der Waals surface area contributed by atoms with E-state index in [4.69, 9.17) is 47.9 Å². The van der Waals surface area contributed by atoms with Gasteiger partial charge >= 0.3 is 17.9 Å². The maximum absolute atomic E-state index is 13.8. The monoisotopic (exact) mass is 1260 g/mol. The molecule has 0 aromatic rings. The van der Waals surface area contributed by atoms with Gasteiger partial charge in [0.1, 0.15) is 18.3 Å². The molecule has 4 saturated heterocycles. The topological polar surface area (TPSA) is 160 Å². The van der Waals surface area contributed by atoms with E-state index in [-0.39, 0.29) is 98.0 Å². The van der Waals surface area contributed by atoms with Gasteiger partial charge in [0.25, 0.3) is 0 Å². The molecule has 0 amide bonds. The van der Waals surface area contributed by atoms with Gasteiger partial charge in [0.15, 0.2) is 0 Å². The predicted molar refractivity (Wildman–Crippen MR) is 355 cm³/mol. The Morgan fingerprint density at radius 1 is 0.517 bits per heavy atom. The summed E-state index contributed by atoms with van der Waals surface area (Å²) >= 11 is 0. The van der Waals surface area contributed by atoms with E-state index < -0.39 is 17.3 Å². The van der Waals surface area contributed by atoms with Crippen LogP contribution in [-0.4, -0.2) is 180 Å². The molecule has 0 aromatic carbocycles. The van der Waals surface area contributed by atoms with Gasteiger partial charge in [-0.05, 0) is 182 Å². The molecule has 1 saturated carbocycles. The van der Waals surface area contributed by atoms with Crippen molar-refractivity contribution in [2.24, 2.45) is 35.0 Å². The number of piperidine rings is 4. The van der Waals surface area contributed by atoms with E-state index in [1.165, 1.54) is 5.57 Å². The molecule has 18 nitrogen and oxygen atoms in total. The molecule has 5 aliphatic heterocycles. The molecule has 18 heteroatoms. The van der Waals surface area contributed by atoms with E-state index in [1.54, 1.807) is 54.8 Å². The summed E-state index contributed by atoms with van der Waals surface area (Å²) in [6, 6.07) is 0. The van der Waals surface area contributed by atoms with Crippen LogP contribution in [0, 0.1) is 35.0 Å². The summed E-state index contributed by atoms with van der Waals surface area (Å²) in [5.74, 6) is -2.01. The average Bonchev–Trinajstić information content (AvgIpc) is 1.29. The summed E-state index contributed by atoms with van der Waals surface area (Å²) in [5.41, 5.74) is -0.633. The fourth-order valence-electron chi connectivity index (χ4n) is 16.1. The first-order valence-corrected chi connectivity index (χ1v) is 33.1. The molecule has 5 atom stereocenters. The number of ether oxygens (including phenoxy) is 5. The van der Waals surface area contributed by atoms with Crippen molar-refractivity contribution in [2.45, 2.75) is 304 Å². The van der Waals surface area contributed by atoms with Gasteiger partial charge in [0.2, 0.25) is 0 Å². The largest absolute Gasteiger partial charge is 0.462 e. The number of hydrogen-bond acceptors (Lipinski definition) is 18. The Kier molecular flexibility index (Phi) is 28.5. The number of methoxy groups -OCH3 is 1. The first-order chi connectivity index (χ1) is 40.7. The lowest BCUT2D eigenvalue weighted by Crippen LogP contribution is -2.62. The van der Waals surface area contributed by atoms with Gasteiger partial charge in [-0.3, -0.25) is 14.4 Å². The molecule has 0 aromatic heterocycles. The molecule has 1 aliphatic carbocycles. The predicted octanol–water partition coefficient (Wildman–Crippen LogP) is 13.9. The van der Waals surface area contributed by atoms with Crippen LogP contribution < -0.4 is 0 Å². The van der Waals surface area contributed by atoms with Crippen molar-refractivity contribution in [3.63, 3.8) is 0 Å². The minimum atomic E-state index is -0.662. The minimum absolute atomic E-state index is 0.00495. The molecule has 0 spiro atoms. The molecule has 0 bridgehead atoms. The van der Waals surface area contributed by atoms with Crippen LogP contribution in [0.2, 0.25) is 0 Å². The molecule has 0 N–H and O–H groups in total. The molecule has 6 rings (SSSR count). The molecular formula is C71H131N5O13. The number of carbonyl (C=O) groups is 3. The summed E-state index contributed by atoms with van der Waals surface area (Å²) in [5, 5.41) is 10.0. The van der Waals surface area contributed by atoms with Crippen molar-refractivity contribution in [1.29, 1.82) is 0 Å². The second-order valence-electron chi connectivity index (χ2n) is 32.5. The number of nitrogens with zero attached hydrogens (tertiary/aromatic N) is 5. The van der Waals surface area contributed by atoms with Crippen LogP contribution in [0.3, 0.4) is 0 Å². The number of hydrogen-bond donors (Lipinski definition) is 0. The summed E-state index contributed by atoms with van der Waals surface area (Å²) in [6.45, 7) is 59.3. The Morgan fingerprint density at radius 3 is 1.09 bits per heavy atom. The highest BCUT2D eigenvalue weighted by atomic mass is 16.7. The van der Waals surface area contributed by atoms with Crippen molar-refractivity contribution in [1.82, 2.24) is 25.3 Å². The third-order valence-electron chi connectivity index (χ3n) is 19.8. The number of rotatable bonds is 20. The Balaban J connectivity index is 0.000000346. The van der Waals surface area contributed by atoms with Gasteiger partial charge in [-0.15, -0.1) is 13.2 Å². The van der Waals surface area contributed by atoms with Crippen molar-refractivity contribution in [3.8, 4) is 0 Å². The maximum Gasteiger partial charge on any atom is 0.311 e. The SMILES string of the molecule is C=CC1CC(C=C)C(C(=O)OC2CC(C)(C)N(OC)C(C)(C)C2)C1C(=O)OC1CC(C)(C)N(OC)C(C)(C)C1.CCC(C)(C)C(=O)OC1CC(C)(C)N(OC)C(C)(C)C1.CCC(C)(C)OC1CC(C)(C)N(OC)C(C)(C)C1.COCC(C)C1=CCN(OC)C1. The summed E-state index contributed by atoms with van der Waals surface area (Å²) < 4.78 is 29.6. The van der Waals surface area contributed by atoms with Crippen LogP contribution in [0.15, 0.2) is 37.0 Å². The Hall–Kier alpha value is -2.85. The fraction of sp³-hybridized carbons (Fsp3) is 0.873. The van der Waals surface area contributed by atoms with Crippen molar-refractivity contribution in [2.75, 3.05) is 62.4 Å². The molecule has 5 unspecified atom stereocenters. The Bertz CT molecular complexity index is 2180. The normalized spacial score (nSPS) is 27.7. The third kappa shape index (κ3) is 20.8. The molecule has 0 radical (unpaired) electrons. The highest BCUT2D eigenvalue weighted by Crippen LogP contribution is 2.48. The van der Waals surface area contributed by atoms with Gasteiger partial charge in [-0.2, -0.15) is 25.3 Å². The highest BCUT2D eigenvalue weighted by Gasteiger charge is 2.55. The summed E-state index contributed by atoms with van der Waals surface area (Å²) in [4.78, 5) is 67.6. The standard InChI is InChI=1S/C31H52N2O6.C16H31NO3.C15H31NO2.C9H17NO2/c1-13-20-15-21(14-2)25(27(35)39-23-18-30(7,8)33(37-12)31(9,10)19-23)24(20)26(34)38-22-16-28(3,4)32(36-11)29(5,6)17-22;1-9-14(2,3)13(18)20-12-10-15(4,5)17(19-8)16(6,7)11-12;1-9-15(6,7)18-12-10-13(2,3)16(17-8)14(4,5)11-12;1-8(7-11-2)9-4-5-10(6-9)12-3/h13-14,20-25H,1-2,15-19H2,3-12H3;12H,9-11H2,1-8H3;12H,9-11H2,1-8H3;4,8H,5-7H2,1-3H3. The zero-order valence-corrected chi connectivity index (χ0v) is 61.8. The van der Waals surface area contributed by atoms with Gasteiger partial charge in [0.05, 0.1) is 71.1 Å². The lowest BCUT2D eigenvalue weighted by Gasteiger charge is -2.54. The van der Waals surface area contributed by atoms with Gasteiger partial charge in [-0.1, -0.05) is 44.6 Å². The van der Waals surface area contributed by atoms with E-state index in [1.807, 2.05) is 41.0 Å². The lowest BCUT2D eigenvalue weighted by molar-refractivity contribution is -0.286. The van der Waals surface area contributed by atoms with Gasteiger partial charge in [-0.25, -0.2) is 0 Å². The van der Waals surface area contributed by atoms with Crippen LogP contribution in [0.5, 0.6) is 0 Å². The number of carbonyl (C=O) groups excluding carboxylic acids is 3. The van der Waals surface area contributed by atoms with Crippen LogP contribution in [-0.2, 0) is 62.3 Å².